The van der Waals surface area contributed by atoms with E-state index in [0.717, 1.165) is 51.2 Å². The molecule has 0 saturated carbocycles. The van der Waals surface area contributed by atoms with Gasteiger partial charge in [0.1, 0.15) is 0 Å². The maximum Gasteiger partial charge on any atom is 0.252 e. The van der Waals surface area contributed by atoms with E-state index in [1.54, 1.807) is 0 Å². The van der Waals surface area contributed by atoms with Gasteiger partial charge >= 0.3 is 0 Å². The van der Waals surface area contributed by atoms with Crippen molar-refractivity contribution in [1.29, 1.82) is 0 Å². The Balaban J connectivity index is 1.16. The summed E-state index contributed by atoms with van der Waals surface area (Å²) in [7, 11) is 0. The topological polar surface area (TPSA) is 14.7 Å². The molecule has 0 fully saturated rings. The Hall–Kier alpha value is -8.80. The van der Waals surface area contributed by atoms with Crippen molar-refractivity contribution in [2.45, 2.75) is 176 Å². The van der Waals surface area contributed by atoms with Crippen LogP contribution in [-0.2, 0) is 37.9 Å². The van der Waals surface area contributed by atoms with Crippen molar-refractivity contribution < 1.29 is 0 Å². The van der Waals surface area contributed by atoms with E-state index in [-0.39, 0.29) is 44.6 Å². The maximum absolute atomic E-state index is 2.74. The Kier molecular flexibility index (Phi) is 14.4. The number of rotatable bonds is 8. The second-order valence-corrected chi connectivity index (χ2v) is 34.1. The largest absolute Gasteiger partial charge is 0.311 e. The van der Waals surface area contributed by atoms with Gasteiger partial charge in [-0.1, -0.05) is 260 Å². The molecule has 3 aliphatic rings. The first-order valence-electron chi connectivity index (χ1n) is 34.4. The molecule has 0 spiro atoms. The van der Waals surface area contributed by atoms with Gasteiger partial charge in [0.2, 0.25) is 0 Å². The number of anilines is 9. The van der Waals surface area contributed by atoms with Crippen LogP contribution in [0.15, 0.2) is 212 Å². The molecule has 1 aliphatic carbocycles. The molecule has 2 aliphatic heterocycles. The fourth-order valence-electron chi connectivity index (χ4n) is 15.4. The summed E-state index contributed by atoms with van der Waals surface area (Å²) >= 11 is 0. The van der Waals surface area contributed by atoms with E-state index in [2.05, 4.69) is 370 Å². The molecule has 10 aromatic carbocycles. The highest BCUT2D eigenvalue weighted by atomic mass is 15.2. The van der Waals surface area contributed by atoms with Gasteiger partial charge in [-0.25, -0.2) is 0 Å². The molecular weight excluding hydrogens is 1140 g/mol. The molecule has 4 nitrogen and oxygen atoms in total. The third kappa shape index (κ3) is 10.4. The van der Waals surface area contributed by atoms with Crippen molar-refractivity contribution in [1.82, 2.24) is 4.57 Å². The van der Waals surface area contributed by atoms with Gasteiger partial charge in [0.25, 0.3) is 6.71 Å². The molecule has 11 aromatic rings. The van der Waals surface area contributed by atoms with E-state index in [1.165, 1.54) is 99.9 Å². The lowest BCUT2D eigenvalue weighted by Crippen LogP contribution is -2.60. The summed E-state index contributed by atoms with van der Waals surface area (Å²) in [5.74, 6) is 0. The van der Waals surface area contributed by atoms with Crippen molar-refractivity contribution in [3.8, 4) is 28.1 Å². The van der Waals surface area contributed by atoms with Gasteiger partial charge in [-0.3, -0.25) is 0 Å². The van der Waals surface area contributed by atoms with Crippen molar-refractivity contribution in [3.63, 3.8) is 0 Å². The SMILES string of the molecule is CC(C)(C)c1ccc(N(c2ccc(C(C)(C)C)cc2)c2ccc3c(c2)N(c2ccc(C(C)(C)C)cc2-c2ccccc2)c2cc(N(c4ccc(C(C)(C)C)cc4)c4ccc(C(C)(C)C)cc4)cc4c2B3c2cc(C(C)(C)C)cc3c5c(n-4c23)-c2ccccc2C5(C)C)cc1. The summed E-state index contributed by atoms with van der Waals surface area (Å²) in [5, 5.41) is 1.34. The predicted octanol–water partition coefficient (Wildman–Crippen LogP) is 22.9. The number of nitrogens with zero attached hydrogens (tertiary/aromatic N) is 4. The van der Waals surface area contributed by atoms with Crippen LogP contribution in [0.1, 0.15) is 183 Å². The standard InChI is InChI=1S/C89H95BN4/c1-83(2,3)57-30-39-63(40-31-57)91(64-41-32-58(33-42-64)84(4,5)6)67-47-48-73-76(53-67)93(75-49-38-61(87(13,14)15)50-70(75)56-26-22-21-23-27-56)77-54-68(92(65-43-34-59(35-44-65)85(7,8)9)66-45-36-60(37-46-66)86(10,11)12)55-78-80(77)90(73)74-52-62(88(16,17)18)51-71-79-82(94(78)81(71)74)69-28-24-25-29-72(69)89(79,19)20/h21-55H,1-20H3. The van der Waals surface area contributed by atoms with Crippen LogP contribution in [0.5, 0.6) is 0 Å². The van der Waals surface area contributed by atoms with E-state index >= 15 is 0 Å². The third-order valence-electron chi connectivity index (χ3n) is 20.9. The molecule has 0 bridgehead atoms. The van der Waals surface area contributed by atoms with Gasteiger partial charge in [-0.2, -0.15) is 0 Å². The van der Waals surface area contributed by atoms with Crippen LogP contribution in [0, 0.1) is 0 Å². The summed E-state index contributed by atoms with van der Waals surface area (Å²) < 4.78 is 2.74. The van der Waals surface area contributed by atoms with Crippen LogP contribution in [0.2, 0.25) is 0 Å². The number of benzene rings is 10. The lowest BCUT2D eigenvalue weighted by atomic mass is 9.33. The minimum Gasteiger partial charge on any atom is -0.311 e. The molecule has 3 heterocycles. The highest BCUT2D eigenvalue weighted by Crippen LogP contribution is 2.57. The van der Waals surface area contributed by atoms with Crippen LogP contribution in [-0.4, -0.2) is 11.3 Å². The van der Waals surface area contributed by atoms with Crippen molar-refractivity contribution >= 4 is 85.2 Å². The van der Waals surface area contributed by atoms with Crippen LogP contribution in [0.3, 0.4) is 0 Å². The van der Waals surface area contributed by atoms with Gasteiger partial charge < -0.3 is 19.3 Å². The molecule has 0 N–H and O–H groups in total. The van der Waals surface area contributed by atoms with E-state index in [9.17, 15) is 0 Å². The molecular formula is C89H95BN4. The monoisotopic (exact) mass is 1230 g/mol. The molecule has 474 valence electrons. The van der Waals surface area contributed by atoms with Gasteiger partial charge in [-0.15, -0.1) is 0 Å². The lowest BCUT2D eigenvalue weighted by Gasteiger charge is -2.43. The zero-order valence-electron chi connectivity index (χ0n) is 59.6. The Labute approximate surface area is 562 Å². The maximum atomic E-state index is 2.74. The molecule has 0 unspecified atom stereocenters. The minimum atomic E-state index is -0.280. The van der Waals surface area contributed by atoms with E-state index in [4.69, 9.17) is 0 Å². The van der Waals surface area contributed by atoms with Gasteiger partial charge in [0.15, 0.2) is 0 Å². The quantitative estimate of drug-likeness (QED) is 0.141. The average Bonchev–Trinajstić information content (AvgIpc) is 1.43. The fourth-order valence-corrected chi connectivity index (χ4v) is 15.4. The summed E-state index contributed by atoms with van der Waals surface area (Å²) in [4.78, 5) is 7.72. The Morgan fingerprint density at radius 2 is 0.755 bits per heavy atom. The molecule has 94 heavy (non-hydrogen) atoms. The molecule has 0 radical (unpaired) electrons. The summed E-state index contributed by atoms with van der Waals surface area (Å²) in [6, 6.07) is 83.0. The first-order valence-corrected chi connectivity index (χ1v) is 34.4. The van der Waals surface area contributed by atoms with Crippen LogP contribution in [0.4, 0.5) is 51.2 Å². The number of fused-ring (bicyclic) bond motifs is 9. The van der Waals surface area contributed by atoms with Crippen molar-refractivity contribution in [2.24, 2.45) is 0 Å². The predicted molar refractivity (Wildman–Crippen MR) is 407 cm³/mol. The first-order chi connectivity index (χ1) is 44.2. The summed E-state index contributed by atoms with van der Waals surface area (Å²) in [6.07, 6.45) is 0. The number of hydrogen-bond acceptors (Lipinski definition) is 3. The van der Waals surface area contributed by atoms with Crippen molar-refractivity contribution in [2.75, 3.05) is 14.7 Å². The second-order valence-electron chi connectivity index (χ2n) is 34.1. The smallest absolute Gasteiger partial charge is 0.252 e. The highest BCUT2D eigenvalue weighted by Gasteiger charge is 2.48. The van der Waals surface area contributed by atoms with Gasteiger partial charge in [0, 0.05) is 72.9 Å². The normalized spacial score (nSPS) is 14.2. The second kappa shape index (κ2) is 21.6. The van der Waals surface area contributed by atoms with Crippen LogP contribution < -0.4 is 31.1 Å². The van der Waals surface area contributed by atoms with Crippen LogP contribution >= 0.6 is 0 Å². The molecule has 0 saturated heterocycles. The Bertz CT molecular complexity index is 4650. The third-order valence-corrected chi connectivity index (χ3v) is 20.9. The lowest BCUT2D eigenvalue weighted by molar-refractivity contribution is 0.590. The van der Waals surface area contributed by atoms with Gasteiger partial charge in [0.05, 0.1) is 17.1 Å². The van der Waals surface area contributed by atoms with E-state index in [0.29, 0.717) is 0 Å². The summed E-state index contributed by atoms with van der Waals surface area (Å²) in [6.45, 7) is 46.7. The molecule has 0 atom stereocenters. The molecule has 1 aromatic heterocycles. The molecule has 5 heteroatoms. The molecule has 14 rings (SSSR count). The Morgan fingerprint density at radius 1 is 0.330 bits per heavy atom. The van der Waals surface area contributed by atoms with Crippen molar-refractivity contribution in [3.05, 3.63) is 257 Å². The van der Waals surface area contributed by atoms with E-state index < -0.39 is 0 Å². The molecule has 0 amide bonds. The highest BCUT2D eigenvalue weighted by molar-refractivity contribution is 7.00. The van der Waals surface area contributed by atoms with Gasteiger partial charge in [-0.05, 0) is 190 Å². The fraction of sp³-hybridized carbons (Fsp3) is 0.303. The van der Waals surface area contributed by atoms with Crippen LogP contribution in [0.25, 0.3) is 39.0 Å². The average molecular weight is 1230 g/mol. The first kappa shape index (κ1) is 62.6. The minimum absolute atomic E-state index is 0.00960. The number of hydrogen-bond donors (Lipinski definition) is 0. The summed E-state index contributed by atoms with van der Waals surface area (Å²) in [5.41, 5.74) is 31.5. The Morgan fingerprint density at radius 3 is 1.24 bits per heavy atom. The zero-order valence-corrected chi connectivity index (χ0v) is 59.6. The number of aromatic nitrogens is 1. The zero-order chi connectivity index (χ0) is 66.7. The van der Waals surface area contributed by atoms with E-state index in [1.807, 2.05) is 0 Å².